The molecule has 2 aromatic heterocycles. The van der Waals surface area contributed by atoms with E-state index in [-0.39, 0.29) is 11.5 Å². The molecule has 144 valence electrons. The fourth-order valence-corrected chi connectivity index (χ4v) is 3.51. The number of piperidine rings is 1. The lowest BCUT2D eigenvalue weighted by molar-refractivity contribution is -0.122. The molecule has 0 saturated carbocycles. The molecule has 0 radical (unpaired) electrons. The molecule has 1 fully saturated rings. The number of hydrogen-bond acceptors (Lipinski definition) is 5. The Balaban J connectivity index is 1.48. The summed E-state index contributed by atoms with van der Waals surface area (Å²) in [6.07, 6.45) is 6.81. The second-order valence-electron chi connectivity index (χ2n) is 6.95. The Hall–Kier alpha value is -2.70. The van der Waals surface area contributed by atoms with Crippen LogP contribution in [-0.2, 0) is 17.8 Å². The molecule has 3 rings (SSSR count). The Morgan fingerprint density at radius 1 is 1.37 bits per heavy atom. The van der Waals surface area contributed by atoms with Gasteiger partial charge in [0.05, 0.1) is 11.9 Å². The van der Waals surface area contributed by atoms with Crippen LogP contribution in [0.25, 0.3) is 0 Å². The summed E-state index contributed by atoms with van der Waals surface area (Å²) in [6.45, 7) is 4.75. The summed E-state index contributed by atoms with van der Waals surface area (Å²) in [6, 6.07) is 7.45. The number of amides is 1. The number of nitrogens with zero attached hydrogens (tertiary/aromatic N) is 4. The number of aryl methyl sites for hydroxylation is 1. The van der Waals surface area contributed by atoms with Crippen molar-refractivity contribution in [1.82, 2.24) is 20.1 Å². The third kappa shape index (κ3) is 5.39. The molecule has 7 nitrogen and oxygen atoms in total. The zero-order valence-electron chi connectivity index (χ0n) is 15.8. The Kier molecular flexibility index (Phi) is 6.57. The van der Waals surface area contributed by atoms with Gasteiger partial charge in [-0.2, -0.15) is 5.10 Å². The predicted molar refractivity (Wildman–Crippen MR) is 105 cm³/mol. The van der Waals surface area contributed by atoms with Crippen LogP contribution in [0.3, 0.4) is 0 Å². The number of nitrogens with one attached hydrogen (secondary N) is 1. The van der Waals surface area contributed by atoms with Gasteiger partial charge in [0.1, 0.15) is 0 Å². The smallest absolute Gasteiger partial charge is 0.268 e. The topological polar surface area (TPSA) is 80.1 Å². The van der Waals surface area contributed by atoms with Crippen LogP contribution in [0.2, 0.25) is 0 Å². The first-order chi connectivity index (χ1) is 13.2. The van der Waals surface area contributed by atoms with Gasteiger partial charge in [0.25, 0.3) is 5.56 Å². The van der Waals surface area contributed by atoms with Gasteiger partial charge in [-0.1, -0.05) is 6.07 Å². The Bertz CT molecular complexity index is 806. The second kappa shape index (κ2) is 9.30. The number of anilines is 1. The van der Waals surface area contributed by atoms with Crippen LogP contribution >= 0.6 is 0 Å². The highest BCUT2D eigenvalue weighted by atomic mass is 16.1. The molecule has 1 atom stereocenters. The highest BCUT2D eigenvalue weighted by Crippen LogP contribution is 2.23. The van der Waals surface area contributed by atoms with Gasteiger partial charge in [-0.25, -0.2) is 4.68 Å². The first kappa shape index (κ1) is 19.1. The van der Waals surface area contributed by atoms with Gasteiger partial charge in [-0.05, 0) is 37.8 Å². The molecule has 0 aromatic carbocycles. The van der Waals surface area contributed by atoms with Crippen molar-refractivity contribution in [2.45, 2.75) is 39.2 Å². The average Bonchev–Trinajstić information content (AvgIpc) is 2.69. The minimum Gasteiger partial charge on any atom is -0.370 e. The van der Waals surface area contributed by atoms with Crippen LogP contribution in [0.1, 0.15) is 31.9 Å². The molecule has 0 spiro atoms. The minimum absolute atomic E-state index is 0.0793. The molecule has 2 aromatic rings. The van der Waals surface area contributed by atoms with Crippen molar-refractivity contribution >= 4 is 11.6 Å². The maximum Gasteiger partial charge on any atom is 0.268 e. The molecule has 1 unspecified atom stereocenters. The highest BCUT2D eigenvalue weighted by molar-refractivity contribution is 5.76. The summed E-state index contributed by atoms with van der Waals surface area (Å²) < 4.78 is 1.44. The molecule has 1 N–H and O–H groups in total. The van der Waals surface area contributed by atoms with E-state index >= 15 is 0 Å². The van der Waals surface area contributed by atoms with Crippen molar-refractivity contribution in [2.24, 2.45) is 5.92 Å². The lowest BCUT2D eigenvalue weighted by Gasteiger charge is -2.33. The van der Waals surface area contributed by atoms with Gasteiger partial charge in [0.15, 0.2) is 0 Å². The van der Waals surface area contributed by atoms with Crippen LogP contribution in [0.5, 0.6) is 0 Å². The molecule has 27 heavy (non-hydrogen) atoms. The molecule has 7 heteroatoms. The SMILES string of the molecule is CCn1ncc(N2CCCC(CC(=O)NCCc3ccccn3)C2)cc1=O. The zero-order chi connectivity index (χ0) is 19.1. The van der Waals surface area contributed by atoms with Gasteiger partial charge in [0.2, 0.25) is 5.91 Å². The summed E-state index contributed by atoms with van der Waals surface area (Å²) in [5, 5.41) is 7.20. The van der Waals surface area contributed by atoms with Gasteiger partial charge >= 0.3 is 0 Å². The van der Waals surface area contributed by atoms with E-state index in [1.54, 1.807) is 18.5 Å². The summed E-state index contributed by atoms with van der Waals surface area (Å²) >= 11 is 0. The van der Waals surface area contributed by atoms with E-state index in [1.807, 2.05) is 25.1 Å². The van der Waals surface area contributed by atoms with Crippen LogP contribution in [0.4, 0.5) is 5.69 Å². The van der Waals surface area contributed by atoms with Crippen molar-refractivity contribution in [3.63, 3.8) is 0 Å². The maximum atomic E-state index is 12.3. The Labute approximate surface area is 159 Å². The summed E-state index contributed by atoms with van der Waals surface area (Å²) in [5.74, 6) is 0.375. The van der Waals surface area contributed by atoms with Crippen molar-refractivity contribution in [2.75, 3.05) is 24.5 Å². The molecule has 3 heterocycles. The van der Waals surface area contributed by atoms with Gasteiger partial charge in [-0.3, -0.25) is 14.6 Å². The molecule has 1 saturated heterocycles. The van der Waals surface area contributed by atoms with E-state index in [9.17, 15) is 9.59 Å². The summed E-state index contributed by atoms with van der Waals surface area (Å²) in [4.78, 5) is 30.7. The lowest BCUT2D eigenvalue weighted by Crippen LogP contribution is -2.39. The van der Waals surface area contributed by atoms with Crippen LogP contribution in [0, 0.1) is 5.92 Å². The van der Waals surface area contributed by atoms with E-state index < -0.39 is 0 Å². The Morgan fingerprint density at radius 2 is 2.26 bits per heavy atom. The number of aromatic nitrogens is 3. The third-order valence-electron chi connectivity index (χ3n) is 4.94. The van der Waals surface area contributed by atoms with Crippen LogP contribution < -0.4 is 15.8 Å². The standard InChI is InChI=1S/C20H27N5O2/c1-2-25-20(27)13-18(14-23-25)24-11-5-6-16(15-24)12-19(26)22-10-8-17-7-3-4-9-21-17/h3-4,7,9,13-14,16H,2,5-6,8,10-12,15H2,1H3,(H,22,26). The fourth-order valence-electron chi connectivity index (χ4n) is 3.51. The number of hydrogen-bond donors (Lipinski definition) is 1. The first-order valence-corrected chi connectivity index (χ1v) is 9.64. The van der Waals surface area contributed by atoms with E-state index in [4.69, 9.17) is 0 Å². The van der Waals surface area contributed by atoms with Crippen molar-refractivity contribution in [3.05, 3.63) is 52.7 Å². The normalized spacial score (nSPS) is 16.9. The molecule has 1 aliphatic rings. The van der Waals surface area contributed by atoms with Crippen LogP contribution in [0.15, 0.2) is 41.5 Å². The van der Waals surface area contributed by atoms with Crippen molar-refractivity contribution in [1.29, 1.82) is 0 Å². The molecule has 1 amide bonds. The van der Waals surface area contributed by atoms with Gasteiger partial charge in [-0.15, -0.1) is 0 Å². The zero-order valence-corrected chi connectivity index (χ0v) is 15.8. The maximum absolute atomic E-state index is 12.3. The number of carbonyl (C=O) groups excluding carboxylic acids is 1. The monoisotopic (exact) mass is 369 g/mol. The third-order valence-corrected chi connectivity index (χ3v) is 4.94. The van der Waals surface area contributed by atoms with Gasteiger partial charge in [0, 0.05) is 57.0 Å². The second-order valence-corrected chi connectivity index (χ2v) is 6.95. The minimum atomic E-state index is -0.0793. The van der Waals surface area contributed by atoms with E-state index in [1.165, 1.54) is 4.68 Å². The van der Waals surface area contributed by atoms with Gasteiger partial charge < -0.3 is 10.2 Å². The fraction of sp³-hybridized carbons (Fsp3) is 0.500. The van der Waals surface area contributed by atoms with E-state index in [0.717, 1.165) is 43.7 Å². The summed E-state index contributed by atoms with van der Waals surface area (Å²) in [5.41, 5.74) is 1.75. The van der Waals surface area contributed by atoms with E-state index in [2.05, 4.69) is 20.3 Å². The van der Waals surface area contributed by atoms with Crippen molar-refractivity contribution < 1.29 is 4.79 Å². The lowest BCUT2D eigenvalue weighted by atomic mass is 9.94. The summed E-state index contributed by atoms with van der Waals surface area (Å²) in [7, 11) is 0. The quantitative estimate of drug-likeness (QED) is 0.802. The number of rotatable bonds is 7. The number of carbonyl (C=O) groups is 1. The van der Waals surface area contributed by atoms with Crippen LogP contribution in [-0.4, -0.2) is 40.3 Å². The highest BCUT2D eigenvalue weighted by Gasteiger charge is 2.23. The van der Waals surface area contributed by atoms with Crippen molar-refractivity contribution in [3.8, 4) is 0 Å². The molecule has 0 aliphatic carbocycles. The molecule has 1 aliphatic heterocycles. The molecular weight excluding hydrogens is 342 g/mol. The average molecular weight is 369 g/mol. The van der Waals surface area contributed by atoms with E-state index in [0.29, 0.717) is 25.4 Å². The predicted octanol–water partition coefficient (Wildman–Crippen LogP) is 1.62. The molecule has 0 bridgehead atoms. The molecular formula is C20H27N5O2. The largest absolute Gasteiger partial charge is 0.370 e. The first-order valence-electron chi connectivity index (χ1n) is 9.64. The number of pyridine rings is 1. The Morgan fingerprint density at radius 3 is 3.00 bits per heavy atom.